The summed E-state index contributed by atoms with van der Waals surface area (Å²) >= 11 is 3.14. The quantitative estimate of drug-likeness (QED) is 0.803. The number of hydrogen-bond donors (Lipinski definition) is 1. The molecular formula is C9H9BrF3N4. The standard InChI is InChI=1S/C9H9BrF3N4/c1-15-14-17(10)6-16(15)8-5-3-2-4-7(8)9(11,12)13/h2-4,14H,6H2,1H3. The molecule has 1 heterocycles. The Morgan fingerprint density at radius 3 is 2.71 bits per heavy atom. The van der Waals surface area contributed by atoms with E-state index in [0.717, 1.165) is 6.07 Å². The molecule has 0 saturated carbocycles. The highest BCUT2D eigenvalue weighted by Gasteiger charge is 2.37. The summed E-state index contributed by atoms with van der Waals surface area (Å²) in [7, 11) is 1.61. The monoisotopic (exact) mass is 309 g/mol. The Morgan fingerprint density at radius 1 is 1.47 bits per heavy atom. The molecule has 1 fully saturated rings. The van der Waals surface area contributed by atoms with Crippen molar-refractivity contribution in [3.63, 3.8) is 0 Å². The largest absolute Gasteiger partial charge is 0.418 e. The van der Waals surface area contributed by atoms with Crippen molar-refractivity contribution in [2.24, 2.45) is 0 Å². The molecule has 1 saturated heterocycles. The van der Waals surface area contributed by atoms with Crippen LogP contribution in [0.2, 0.25) is 0 Å². The van der Waals surface area contributed by atoms with Crippen LogP contribution >= 0.6 is 16.1 Å². The zero-order valence-corrected chi connectivity index (χ0v) is 10.4. The van der Waals surface area contributed by atoms with Crippen LogP contribution < -0.4 is 10.5 Å². The normalized spacial score (nSPS) is 19.0. The molecule has 1 aliphatic heterocycles. The van der Waals surface area contributed by atoms with Crippen LogP contribution in [-0.4, -0.2) is 22.9 Å². The van der Waals surface area contributed by atoms with Crippen molar-refractivity contribution >= 4 is 21.8 Å². The van der Waals surface area contributed by atoms with E-state index in [1.807, 2.05) is 0 Å². The highest BCUT2D eigenvalue weighted by atomic mass is 79.9. The van der Waals surface area contributed by atoms with E-state index in [9.17, 15) is 13.2 Å². The molecule has 1 N–H and O–H groups in total. The summed E-state index contributed by atoms with van der Waals surface area (Å²) < 4.78 is 39.9. The van der Waals surface area contributed by atoms with E-state index in [4.69, 9.17) is 0 Å². The zero-order chi connectivity index (χ0) is 12.6. The lowest BCUT2D eigenvalue weighted by molar-refractivity contribution is -0.137. The Morgan fingerprint density at radius 2 is 2.18 bits per heavy atom. The van der Waals surface area contributed by atoms with Crippen LogP contribution in [0.15, 0.2) is 18.2 Å². The molecule has 2 rings (SSSR count). The van der Waals surface area contributed by atoms with Gasteiger partial charge in [-0.05, 0) is 6.07 Å². The second-order valence-electron chi connectivity index (χ2n) is 3.46. The van der Waals surface area contributed by atoms with Gasteiger partial charge in [-0.25, -0.2) is 0 Å². The molecule has 0 unspecified atom stereocenters. The zero-order valence-electron chi connectivity index (χ0n) is 8.79. The third kappa shape index (κ3) is 2.54. The van der Waals surface area contributed by atoms with Gasteiger partial charge in [0.15, 0.2) is 0 Å². The van der Waals surface area contributed by atoms with Gasteiger partial charge in [0.05, 0.1) is 11.3 Å². The fourth-order valence-electron chi connectivity index (χ4n) is 1.55. The van der Waals surface area contributed by atoms with Crippen LogP contribution in [0.5, 0.6) is 0 Å². The Balaban J connectivity index is 2.39. The first-order valence-electron chi connectivity index (χ1n) is 4.68. The number of anilines is 1. The van der Waals surface area contributed by atoms with Gasteiger partial charge in [-0.1, -0.05) is 12.1 Å². The number of nitrogens with one attached hydrogen (secondary N) is 1. The molecule has 0 amide bonds. The van der Waals surface area contributed by atoms with Crippen LogP contribution in [0.4, 0.5) is 18.9 Å². The molecule has 4 nitrogen and oxygen atoms in total. The lowest BCUT2D eigenvalue weighted by Gasteiger charge is -2.26. The Kier molecular flexibility index (Phi) is 3.30. The third-order valence-electron chi connectivity index (χ3n) is 2.27. The molecule has 0 bridgehead atoms. The van der Waals surface area contributed by atoms with Gasteiger partial charge in [-0.3, -0.25) is 5.01 Å². The highest BCUT2D eigenvalue weighted by molar-refractivity contribution is 9.07. The van der Waals surface area contributed by atoms with Gasteiger partial charge in [-0.15, -0.1) is 9.15 Å². The van der Waals surface area contributed by atoms with Gasteiger partial charge in [-0.2, -0.15) is 18.7 Å². The van der Waals surface area contributed by atoms with Crippen molar-refractivity contribution in [2.45, 2.75) is 6.18 Å². The number of nitrogens with zero attached hydrogens (tertiary/aromatic N) is 3. The van der Waals surface area contributed by atoms with Crippen molar-refractivity contribution in [1.82, 2.24) is 14.7 Å². The fourth-order valence-corrected chi connectivity index (χ4v) is 1.99. The van der Waals surface area contributed by atoms with E-state index in [2.05, 4.69) is 27.7 Å². The number of para-hydroxylation sites is 1. The smallest absolute Gasteiger partial charge is 0.274 e. The first-order chi connectivity index (χ1) is 7.89. The molecule has 17 heavy (non-hydrogen) atoms. The highest BCUT2D eigenvalue weighted by Crippen LogP contribution is 2.37. The minimum Gasteiger partial charge on any atom is -0.274 e. The molecule has 0 spiro atoms. The minimum atomic E-state index is -4.40. The molecule has 0 aliphatic carbocycles. The van der Waals surface area contributed by atoms with Crippen molar-refractivity contribution in [1.29, 1.82) is 0 Å². The van der Waals surface area contributed by atoms with Crippen molar-refractivity contribution in [3.8, 4) is 0 Å². The molecule has 0 aromatic heterocycles. The average Bonchev–Trinajstić information content (AvgIpc) is 2.56. The van der Waals surface area contributed by atoms with Gasteiger partial charge >= 0.3 is 6.18 Å². The molecule has 8 heteroatoms. The summed E-state index contributed by atoms with van der Waals surface area (Å²) in [5, 5.41) is 2.85. The van der Waals surface area contributed by atoms with E-state index in [0.29, 0.717) is 0 Å². The first-order valence-corrected chi connectivity index (χ1v) is 5.39. The molecule has 1 radical (unpaired) electrons. The summed E-state index contributed by atoms with van der Waals surface area (Å²) in [5.41, 5.74) is 2.04. The lowest BCUT2D eigenvalue weighted by atomic mass is 10.1. The Labute approximate surface area is 105 Å². The van der Waals surface area contributed by atoms with E-state index < -0.39 is 11.7 Å². The second-order valence-corrected chi connectivity index (χ2v) is 4.31. The van der Waals surface area contributed by atoms with E-state index >= 15 is 0 Å². The summed E-state index contributed by atoms with van der Waals surface area (Å²) in [6.07, 6.45) is -4.40. The maximum Gasteiger partial charge on any atom is 0.418 e. The van der Waals surface area contributed by atoms with Crippen molar-refractivity contribution < 1.29 is 13.2 Å². The SMILES string of the molecule is CN1NN(Br)CN1c1[c]cccc1C(F)(F)F. The van der Waals surface area contributed by atoms with Crippen molar-refractivity contribution in [2.75, 3.05) is 18.7 Å². The van der Waals surface area contributed by atoms with E-state index in [1.165, 1.54) is 26.3 Å². The molecule has 1 aromatic carbocycles. The summed E-state index contributed by atoms with van der Waals surface area (Å²) in [5.74, 6) is 0. The number of hydrazine groups is 3. The van der Waals surface area contributed by atoms with Crippen LogP contribution in [0, 0.1) is 6.07 Å². The molecular weight excluding hydrogens is 301 g/mol. The Hall–Kier alpha value is -0.830. The van der Waals surface area contributed by atoms with Gasteiger partial charge in [0.25, 0.3) is 0 Å². The fraction of sp³-hybridized carbons (Fsp3) is 0.333. The van der Waals surface area contributed by atoms with Gasteiger partial charge in [0.2, 0.25) is 0 Å². The van der Waals surface area contributed by atoms with Gasteiger partial charge in [0, 0.05) is 29.3 Å². The topological polar surface area (TPSA) is 21.8 Å². The minimum absolute atomic E-state index is 0.0167. The van der Waals surface area contributed by atoms with E-state index in [-0.39, 0.29) is 12.4 Å². The molecule has 93 valence electrons. The van der Waals surface area contributed by atoms with E-state index in [1.54, 1.807) is 7.05 Å². The summed E-state index contributed by atoms with van der Waals surface area (Å²) in [4.78, 5) is 0. The Bertz CT molecular complexity index is 411. The number of benzene rings is 1. The molecule has 1 aromatic rings. The van der Waals surface area contributed by atoms with Crippen molar-refractivity contribution in [3.05, 3.63) is 29.8 Å². The predicted octanol–water partition coefficient (Wildman–Crippen LogP) is 2.16. The number of hydrogen-bond acceptors (Lipinski definition) is 4. The van der Waals surface area contributed by atoms with Gasteiger partial charge in [0.1, 0.15) is 6.67 Å². The first kappa shape index (κ1) is 12.6. The number of halogens is 4. The lowest BCUT2D eigenvalue weighted by Crippen LogP contribution is -2.39. The number of rotatable bonds is 1. The van der Waals surface area contributed by atoms with Crippen LogP contribution in [0.25, 0.3) is 0 Å². The second kappa shape index (κ2) is 4.45. The average molecular weight is 310 g/mol. The molecule has 1 aliphatic rings. The van der Waals surface area contributed by atoms with Crippen LogP contribution in [0.1, 0.15) is 5.56 Å². The van der Waals surface area contributed by atoms with Crippen LogP contribution in [0.3, 0.4) is 0 Å². The maximum absolute atomic E-state index is 12.8. The third-order valence-corrected chi connectivity index (χ3v) is 2.65. The van der Waals surface area contributed by atoms with Crippen LogP contribution in [-0.2, 0) is 6.18 Å². The molecule has 0 atom stereocenters. The number of alkyl halides is 3. The summed E-state index contributed by atoms with van der Waals surface area (Å²) in [6.45, 7) is 0.236. The predicted molar refractivity (Wildman–Crippen MR) is 59.3 cm³/mol. The summed E-state index contributed by atoms with van der Waals surface area (Å²) in [6, 6.07) is 6.43. The van der Waals surface area contributed by atoms with Gasteiger partial charge < -0.3 is 0 Å². The maximum atomic E-state index is 12.8.